The Morgan fingerprint density at radius 1 is 0.852 bits per heavy atom. The lowest BCUT2D eigenvalue weighted by Crippen LogP contribution is -2.15. The molecule has 132 valence electrons. The van der Waals surface area contributed by atoms with Crippen molar-refractivity contribution < 1.29 is 9.18 Å². The van der Waals surface area contributed by atoms with Gasteiger partial charge in [0, 0.05) is 5.56 Å². The van der Waals surface area contributed by atoms with E-state index < -0.39 is 11.7 Å². The summed E-state index contributed by atoms with van der Waals surface area (Å²) in [5.41, 5.74) is 1.67. The molecule has 0 fully saturated rings. The van der Waals surface area contributed by atoms with Crippen LogP contribution in [0.15, 0.2) is 84.9 Å². The van der Waals surface area contributed by atoms with E-state index in [1.807, 2.05) is 60.7 Å². The third kappa shape index (κ3) is 3.46. The van der Waals surface area contributed by atoms with Gasteiger partial charge in [0.1, 0.15) is 5.82 Å². The maximum Gasteiger partial charge on any atom is 0.295 e. The number of para-hydroxylation sites is 2. The lowest BCUT2D eigenvalue weighted by atomic mass is 10.2. The quantitative estimate of drug-likeness (QED) is 0.591. The van der Waals surface area contributed by atoms with Gasteiger partial charge in [-0.2, -0.15) is 0 Å². The molecule has 4 rings (SSSR count). The zero-order valence-electron chi connectivity index (χ0n) is 14.2. The third-order valence-electron chi connectivity index (χ3n) is 3.97. The molecular weight excluding hydrogens is 343 g/mol. The summed E-state index contributed by atoms with van der Waals surface area (Å²) in [6, 6.07) is 24.8. The maximum absolute atomic E-state index is 13.8. The van der Waals surface area contributed by atoms with Gasteiger partial charge >= 0.3 is 0 Å². The van der Waals surface area contributed by atoms with Gasteiger partial charge in [-0.05, 0) is 24.3 Å². The van der Waals surface area contributed by atoms with Gasteiger partial charge in [-0.15, -0.1) is 5.10 Å². The standard InChI is InChI=1S/C21H15FN4O/c22-17-13-7-8-14-18(17)23-21(27)19-24-20(15-9-3-1-4-10-15)26(25-19)16-11-5-2-6-12-16/h1-14H,(H,23,27). The molecule has 0 unspecified atom stereocenters. The molecule has 0 radical (unpaired) electrons. The van der Waals surface area contributed by atoms with Crippen molar-refractivity contribution in [1.82, 2.24) is 14.8 Å². The molecule has 3 aromatic carbocycles. The Kier molecular flexibility index (Phi) is 4.45. The minimum absolute atomic E-state index is 0.0408. The van der Waals surface area contributed by atoms with Gasteiger partial charge in [-0.25, -0.2) is 14.1 Å². The van der Waals surface area contributed by atoms with Crippen LogP contribution in [0.4, 0.5) is 10.1 Å². The van der Waals surface area contributed by atoms with Gasteiger partial charge in [0.05, 0.1) is 11.4 Å². The second kappa shape index (κ2) is 7.21. The molecule has 1 aromatic heterocycles. The van der Waals surface area contributed by atoms with Gasteiger partial charge in [0.15, 0.2) is 5.82 Å². The van der Waals surface area contributed by atoms with Crippen molar-refractivity contribution in [3.8, 4) is 17.1 Å². The van der Waals surface area contributed by atoms with Gasteiger partial charge in [0.25, 0.3) is 5.91 Å². The molecule has 4 aromatic rings. The number of aromatic nitrogens is 3. The Hall–Kier alpha value is -3.80. The van der Waals surface area contributed by atoms with Crippen molar-refractivity contribution in [3.63, 3.8) is 0 Å². The van der Waals surface area contributed by atoms with Crippen LogP contribution >= 0.6 is 0 Å². The van der Waals surface area contributed by atoms with E-state index in [1.54, 1.807) is 16.8 Å². The Labute approximate surface area is 155 Å². The van der Waals surface area contributed by atoms with Crippen molar-refractivity contribution in [2.45, 2.75) is 0 Å². The van der Waals surface area contributed by atoms with Gasteiger partial charge < -0.3 is 5.32 Å². The molecule has 0 aliphatic heterocycles. The lowest BCUT2D eigenvalue weighted by molar-refractivity contribution is 0.101. The molecule has 0 aliphatic rings. The molecule has 0 saturated carbocycles. The van der Waals surface area contributed by atoms with E-state index >= 15 is 0 Å². The smallest absolute Gasteiger partial charge is 0.295 e. The van der Waals surface area contributed by atoms with Crippen LogP contribution in [0.3, 0.4) is 0 Å². The number of hydrogen-bond acceptors (Lipinski definition) is 3. The molecule has 0 aliphatic carbocycles. The second-order valence-electron chi connectivity index (χ2n) is 5.81. The average Bonchev–Trinajstić information content (AvgIpc) is 3.17. The maximum atomic E-state index is 13.8. The van der Waals surface area contributed by atoms with Crippen LogP contribution in [0.1, 0.15) is 10.6 Å². The Morgan fingerprint density at radius 3 is 2.19 bits per heavy atom. The number of carbonyl (C=O) groups excluding carboxylic acids is 1. The number of nitrogens with zero attached hydrogens (tertiary/aromatic N) is 3. The van der Waals surface area contributed by atoms with Gasteiger partial charge in [-0.3, -0.25) is 4.79 Å². The number of hydrogen-bond donors (Lipinski definition) is 1. The molecule has 6 heteroatoms. The van der Waals surface area contributed by atoms with Crippen LogP contribution in [-0.2, 0) is 0 Å². The first kappa shape index (κ1) is 16.7. The van der Waals surface area contributed by atoms with E-state index in [9.17, 15) is 9.18 Å². The summed E-state index contributed by atoms with van der Waals surface area (Å²) in [5.74, 6) is -0.606. The van der Waals surface area contributed by atoms with Crippen LogP contribution in [0.2, 0.25) is 0 Å². The summed E-state index contributed by atoms with van der Waals surface area (Å²) in [5, 5.41) is 6.87. The number of anilines is 1. The average molecular weight is 358 g/mol. The zero-order chi connectivity index (χ0) is 18.6. The fourth-order valence-electron chi connectivity index (χ4n) is 2.67. The molecule has 0 bridgehead atoms. The highest BCUT2D eigenvalue weighted by molar-refractivity contribution is 6.01. The Balaban J connectivity index is 1.75. The molecule has 0 atom stereocenters. The van der Waals surface area contributed by atoms with Gasteiger partial charge in [-0.1, -0.05) is 60.7 Å². The number of halogens is 1. The molecule has 1 heterocycles. The van der Waals surface area contributed by atoms with E-state index in [1.165, 1.54) is 12.1 Å². The minimum Gasteiger partial charge on any atom is -0.317 e. The highest BCUT2D eigenvalue weighted by atomic mass is 19.1. The van der Waals surface area contributed by atoms with Crippen LogP contribution in [-0.4, -0.2) is 20.7 Å². The number of benzene rings is 3. The summed E-state index contributed by atoms with van der Waals surface area (Å²) in [6.45, 7) is 0. The summed E-state index contributed by atoms with van der Waals surface area (Å²) in [7, 11) is 0. The highest BCUT2D eigenvalue weighted by Crippen LogP contribution is 2.21. The van der Waals surface area contributed by atoms with E-state index in [2.05, 4.69) is 15.4 Å². The molecular formula is C21H15FN4O. The van der Waals surface area contributed by atoms with Crippen molar-refractivity contribution in [2.75, 3.05) is 5.32 Å². The molecule has 0 spiro atoms. The molecule has 27 heavy (non-hydrogen) atoms. The topological polar surface area (TPSA) is 59.8 Å². The predicted octanol–water partition coefficient (Wildman–Crippen LogP) is 4.33. The molecule has 1 amide bonds. The number of amides is 1. The summed E-state index contributed by atoms with van der Waals surface area (Å²) >= 11 is 0. The van der Waals surface area contributed by atoms with Crippen LogP contribution in [0.25, 0.3) is 17.1 Å². The van der Waals surface area contributed by atoms with Crippen molar-refractivity contribution >= 4 is 11.6 Å². The molecule has 0 saturated heterocycles. The lowest BCUT2D eigenvalue weighted by Gasteiger charge is -2.05. The normalized spacial score (nSPS) is 10.6. The first-order valence-electron chi connectivity index (χ1n) is 8.36. The monoisotopic (exact) mass is 358 g/mol. The Morgan fingerprint density at radius 2 is 1.48 bits per heavy atom. The van der Waals surface area contributed by atoms with Crippen molar-refractivity contribution in [1.29, 1.82) is 0 Å². The van der Waals surface area contributed by atoms with Gasteiger partial charge in [0.2, 0.25) is 5.82 Å². The largest absolute Gasteiger partial charge is 0.317 e. The van der Waals surface area contributed by atoms with E-state index in [4.69, 9.17) is 0 Å². The highest BCUT2D eigenvalue weighted by Gasteiger charge is 2.19. The molecule has 5 nitrogen and oxygen atoms in total. The van der Waals surface area contributed by atoms with E-state index in [0.29, 0.717) is 5.82 Å². The van der Waals surface area contributed by atoms with Crippen LogP contribution in [0.5, 0.6) is 0 Å². The second-order valence-corrected chi connectivity index (χ2v) is 5.81. The van der Waals surface area contributed by atoms with Crippen molar-refractivity contribution in [2.24, 2.45) is 0 Å². The minimum atomic E-state index is -0.577. The molecule has 1 N–H and O–H groups in total. The number of carbonyl (C=O) groups is 1. The fraction of sp³-hybridized carbons (Fsp3) is 0. The predicted molar refractivity (Wildman–Crippen MR) is 101 cm³/mol. The van der Waals surface area contributed by atoms with E-state index in [-0.39, 0.29) is 11.5 Å². The van der Waals surface area contributed by atoms with E-state index in [0.717, 1.165) is 11.3 Å². The summed E-state index contributed by atoms with van der Waals surface area (Å²) in [6.07, 6.45) is 0. The number of rotatable bonds is 4. The Bertz CT molecular complexity index is 1020. The number of nitrogens with one attached hydrogen (secondary N) is 1. The van der Waals surface area contributed by atoms with Crippen LogP contribution < -0.4 is 5.32 Å². The first-order valence-corrected chi connectivity index (χ1v) is 8.36. The van der Waals surface area contributed by atoms with Crippen molar-refractivity contribution in [3.05, 3.63) is 96.6 Å². The van der Waals surface area contributed by atoms with Crippen LogP contribution in [0, 0.1) is 5.82 Å². The third-order valence-corrected chi connectivity index (χ3v) is 3.97. The summed E-state index contributed by atoms with van der Waals surface area (Å²) in [4.78, 5) is 17.0. The summed E-state index contributed by atoms with van der Waals surface area (Å²) < 4.78 is 15.4. The zero-order valence-corrected chi connectivity index (χ0v) is 14.2. The SMILES string of the molecule is O=C(Nc1ccccc1F)c1nc(-c2ccccc2)n(-c2ccccc2)n1. The first-order chi connectivity index (χ1) is 13.2. The fourth-order valence-corrected chi connectivity index (χ4v) is 2.67.